The lowest BCUT2D eigenvalue weighted by Gasteiger charge is -2.08. The number of aromatic amines is 1. The molecule has 0 fully saturated rings. The molecule has 0 saturated carbocycles. The van der Waals surface area contributed by atoms with Gasteiger partial charge in [0.2, 0.25) is 0 Å². The highest BCUT2D eigenvalue weighted by Crippen LogP contribution is 2.24. The number of hydrogen-bond acceptors (Lipinski definition) is 5. The van der Waals surface area contributed by atoms with Gasteiger partial charge in [-0.25, -0.2) is 8.42 Å². The molecule has 2 rings (SSSR count). The third-order valence-corrected chi connectivity index (χ3v) is 4.33. The molecule has 0 aliphatic heterocycles. The lowest BCUT2D eigenvalue weighted by atomic mass is 10.4. The van der Waals surface area contributed by atoms with Crippen LogP contribution in [0.1, 0.15) is 18.0 Å². The average molecular weight is 238 g/mol. The predicted molar refractivity (Wildman–Crippen MR) is 56.2 cm³/mol. The highest BCUT2D eigenvalue weighted by Gasteiger charge is 2.27. The Balaban J connectivity index is 2.41. The van der Waals surface area contributed by atoms with Gasteiger partial charge in [0, 0.05) is 0 Å². The fourth-order valence-electron chi connectivity index (χ4n) is 1.29. The van der Waals surface area contributed by atoms with Gasteiger partial charge in [0.05, 0.1) is 4.90 Å². The summed E-state index contributed by atoms with van der Waals surface area (Å²) >= 11 is 0. The molecule has 1 aromatic heterocycles. The molecule has 0 spiro atoms. The van der Waals surface area contributed by atoms with E-state index in [-0.39, 0.29) is 10.7 Å². The third kappa shape index (κ3) is 1.81. The second-order valence-electron chi connectivity index (χ2n) is 3.27. The van der Waals surface area contributed by atoms with Crippen molar-refractivity contribution in [3.05, 3.63) is 36.2 Å². The fourth-order valence-corrected chi connectivity index (χ4v) is 2.62. The first-order valence-corrected chi connectivity index (χ1v) is 6.19. The minimum absolute atomic E-state index is 0.170. The molecule has 0 aliphatic rings. The van der Waals surface area contributed by atoms with Crippen LogP contribution in [0.2, 0.25) is 0 Å². The number of sulfone groups is 1. The monoisotopic (exact) mass is 238 g/mol. The average Bonchev–Trinajstić information content (AvgIpc) is 2.82. The molecule has 2 aromatic rings. The first kappa shape index (κ1) is 10.7. The molecule has 84 valence electrons. The number of hydrogen-bond donors (Lipinski definition) is 1. The number of nitrogens with one attached hydrogen (secondary N) is 1. The van der Waals surface area contributed by atoms with Crippen LogP contribution in [0.25, 0.3) is 0 Å². The standard InChI is InChI=1S/C9H10N4O2S/c1-7(9-10-12-13-11-9)16(14,15)8-5-3-2-4-6-8/h2-7H,1H3,(H,10,11,12,13). The Kier molecular flexibility index (Phi) is 2.69. The van der Waals surface area contributed by atoms with Crippen molar-refractivity contribution in [1.29, 1.82) is 0 Å². The van der Waals surface area contributed by atoms with E-state index in [1.54, 1.807) is 30.3 Å². The van der Waals surface area contributed by atoms with Crippen molar-refractivity contribution in [2.24, 2.45) is 0 Å². The molecule has 16 heavy (non-hydrogen) atoms. The summed E-state index contributed by atoms with van der Waals surface area (Å²) in [6, 6.07) is 8.21. The van der Waals surface area contributed by atoms with Crippen LogP contribution >= 0.6 is 0 Å². The van der Waals surface area contributed by atoms with E-state index in [1.807, 2.05) is 0 Å². The van der Waals surface area contributed by atoms with E-state index in [0.717, 1.165) is 0 Å². The largest absolute Gasteiger partial charge is 0.223 e. The number of aromatic nitrogens is 4. The molecule has 6 nitrogen and oxygen atoms in total. The summed E-state index contributed by atoms with van der Waals surface area (Å²) in [5.74, 6) is 0.170. The van der Waals surface area contributed by atoms with Crippen molar-refractivity contribution < 1.29 is 8.42 Å². The Morgan fingerprint density at radius 3 is 2.50 bits per heavy atom. The third-order valence-electron chi connectivity index (χ3n) is 2.26. The topological polar surface area (TPSA) is 88.6 Å². The number of tetrazole rings is 1. The molecule has 0 bridgehead atoms. The normalized spacial score (nSPS) is 13.6. The van der Waals surface area contributed by atoms with E-state index in [0.29, 0.717) is 0 Å². The molecule has 1 N–H and O–H groups in total. The fraction of sp³-hybridized carbons (Fsp3) is 0.222. The van der Waals surface area contributed by atoms with Crippen LogP contribution < -0.4 is 0 Å². The summed E-state index contributed by atoms with van der Waals surface area (Å²) in [6.07, 6.45) is 0. The summed E-state index contributed by atoms with van der Waals surface area (Å²) in [7, 11) is -3.45. The highest BCUT2D eigenvalue weighted by atomic mass is 32.2. The van der Waals surface area contributed by atoms with E-state index < -0.39 is 15.1 Å². The van der Waals surface area contributed by atoms with E-state index >= 15 is 0 Å². The molecule has 1 heterocycles. The maximum Gasteiger partial charge on any atom is 0.192 e. The van der Waals surface area contributed by atoms with E-state index in [2.05, 4.69) is 20.6 Å². The van der Waals surface area contributed by atoms with Crippen LogP contribution in [-0.2, 0) is 9.84 Å². The van der Waals surface area contributed by atoms with Crippen molar-refractivity contribution in [2.45, 2.75) is 17.1 Å². The first-order valence-electron chi connectivity index (χ1n) is 4.64. The van der Waals surface area contributed by atoms with Crippen LogP contribution in [0.15, 0.2) is 35.2 Å². The lowest BCUT2D eigenvalue weighted by Crippen LogP contribution is -2.12. The molecule has 0 aliphatic carbocycles. The Morgan fingerprint density at radius 1 is 1.25 bits per heavy atom. The summed E-state index contributed by atoms with van der Waals surface area (Å²) in [4.78, 5) is 0.257. The smallest absolute Gasteiger partial charge is 0.192 e. The van der Waals surface area contributed by atoms with Crippen molar-refractivity contribution >= 4 is 9.84 Å². The minimum Gasteiger partial charge on any atom is -0.223 e. The van der Waals surface area contributed by atoms with Gasteiger partial charge in [-0.1, -0.05) is 23.4 Å². The van der Waals surface area contributed by atoms with Gasteiger partial charge in [-0.05, 0) is 19.1 Å². The predicted octanol–water partition coefficient (Wildman–Crippen LogP) is 0.735. The molecule has 0 saturated heterocycles. The Hall–Kier alpha value is -1.76. The molecule has 0 amide bonds. The van der Waals surface area contributed by atoms with Crippen LogP contribution in [0.5, 0.6) is 0 Å². The molecule has 1 atom stereocenters. The highest BCUT2D eigenvalue weighted by molar-refractivity contribution is 7.91. The second kappa shape index (κ2) is 4.01. The van der Waals surface area contributed by atoms with Crippen molar-refractivity contribution in [1.82, 2.24) is 20.6 Å². The Bertz CT molecular complexity index is 550. The molecule has 7 heteroatoms. The molecule has 0 radical (unpaired) electrons. The number of rotatable bonds is 3. The van der Waals surface area contributed by atoms with Crippen molar-refractivity contribution in [2.75, 3.05) is 0 Å². The molecule has 1 aromatic carbocycles. The van der Waals surface area contributed by atoms with Gasteiger partial charge >= 0.3 is 0 Å². The van der Waals surface area contributed by atoms with Gasteiger partial charge < -0.3 is 0 Å². The second-order valence-corrected chi connectivity index (χ2v) is 5.54. The van der Waals surface area contributed by atoms with Crippen molar-refractivity contribution in [3.63, 3.8) is 0 Å². The first-order chi connectivity index (χ1) is 7.62. The summed E-state index contributed by atoms with van der Waals surface area (Å²) in [5, 5.41) is 12.1. The van der Waals surface area contributed by atoms with Gasteiger partial charge in [-0.15, -0.1) is 10.2 Å². The Labute approximate surface area is 92.6 Å². The maximum absolute atomic E-state index is 12.1. The van der Waals surface area contributed by atoms with Crippen molar-refractivity contribution in [3.8, 4) is 0 Å². The Morgan fingerprint density at radius 2 is 1.94 bits per heavy atom. The van der Waals surface area contributed by atoms with E-state index in [4.69, 9.17) is 0 Å². The van der Waals surface area contributed by atoms with Gasteiger partial charge in [0.15, 0.2) is 15.7 Å². The number of benzene rings is 1. The molecular weight excluding hydrogens is 228 g/mol. The zero-order valence-electron chi connectivity index (χ0n) is 8.53. The van der Waals surface area contributed by atoms with Gasteiger partial charge in [-0.3, -0.25) is 0 Å². The number of nitrogens with zero attached hydrogens (tertiary/aromatic N) is 3. The van der Waals surface area contributed by atoms with Gasteiger partial charge in [0.1, 0.15) is 5.25 Å². The summed E-state index contributed by atoms with van der Waals surface area (Å²) < 4.78 is 24.2. The zero-order valence-corrected chi connectivity index (χ0v) is 9.35. The van der Waals surface area contributed by atoms with Crippen LogP contribution in [0, 0.1) is 0 Å². The van der Waals surface area contributed by atoms with Gasteiger partial charge in [0.25, 0.3) is 0 Å². The summed E-state index contributed by atoms with van der Waals surface area (Å²) in [6.45, 7) is 1.53. The zero-order chi connectivity index (χ0) is 11.6. The molecular formula is C9H10N4O2S. The van der Waals surface area contributed by atoms with Gasteiger partial charge in [-0.2, -0.15) is 5.21 Å². The van der Waals surface area contributed by atoms with E-state index in [9.17, 15) is 8.42 Å². The number of H-pyrrole nitrogens is 1. The van der Waals surface area contributed by atoms with Crippen LogP contribution in [0.4, 0.5) is 0 Å². The van der Waals surface area contributed by atoms with E-state index in [1.165, 1.54) is 6.92 Å². The van der Waals surface area contributed by atoms with Crippen LogP contribution in [0.3, 0.4) is 0 Å². The van der Waals surface area contributed by atoms with Crippen LogP contribution in [-0.4, -0.2) is 29.0 Å². The lowest BCUT2D eigenvalue weighted by molar-refractivity contribution is 0.583. The maximum atomic E-state index is 12.1. The molecule has 1 unspecified atom stereocenters. The SMILES string of the molecule is CC(c1nn[nH]n1)S(=O)(=O)c1ccccc1. The minimum atomic E-state index is -3.45. The summed E-state index contributed by atoms with van der Waals surface area (Å²) in [5.41, 5.74) is 0. The quantitative estimate of drug-likeness (QED) is 0.851.